The van der Waals surface area contributed by atoms with Crippen molar-refractivity contribution in [1.29, 1.82) is 0 Å². The fourth-order valence-electron chi connectivity index (χ4n) is 2.05. The van der Waals surface area contributed by atoms with Crippen molar-refractivity contribution in [2.24, 2.45) is 5.92 Å². The third-order valence-electron chi connectivity index (χ3n) is 3.32. The molecule has 2 nitrogen and oxygen atoms in total. The Bertz CT molecular complexity index is 342. The van der Waals surface area contributed by atoms with E-state index in [2.05, 4.69) is 36.0 Å². The zero-order valence-corrected chi connectivity index (χ0v) is 12.1. The Balaban J connectivity index is 1.88. The molecular weight excluding hydrogens is 228 g/mol. The van der Waals surface area contributed by atoms with Crippen LogP contribution in [0.3, 0.4) is 0 Å². The maximum Gasteiger partial charge on any atom is 0.0926 e. The second-order valence-electron chi connectivity index (χ2n) is 5.47. The van der Waals surface area contributed by atoms with Crippen LogP contribution in [0.2, 0.25) is 0 Å². The van der Waals surface area contributed by atoms with E-state index in [1.165, 1.54) is 36.5 Å². The van der Waals surface area contributed by atoms with Gasteiger partial charge in [0.25, 0.3) is 0 Å². The van der Waals surface area contributed by atoms with Gasteiger partial charge in [-0.3, -0.25) is 4.90 Å². The molecule has 0 radical (unpaired) electrons. The first-order chi connectivity index (χ1) is 8.19. The Kier molecular flexibility index (Phi) is 4.57. The lowest BCUT2D eigenvalue weighted by molar-refractivity contribution is 0.237. The van der Waals surface area contributed by atoms with Crippen molar-refractivity contribution in [3.8, 4) is 0 Å². The van der Waals surface area contributed by atoms with E-state index in [1.54, 1.807) is 0 Å². The molecule has 17 heavy (non-hydrogen) atoms. The largest absolute Gasteiger partial charge is 0.295 e. The third kappa shape index (κ3) is 4.07. The van der Waals surface area contributed by atoms with Crippen molar-refractivity contribution in [1.82, 2.24) is 9.88 Å². The van der Waals surface area contributed by atoms with Crippen LogP contribution in [-0.4, -0.2) is 22.5 Å². The second-order valence-corrected chi connectivity index (χ2v) is 6.41. The van der Waals surface area contributed by atoms with E-state index in [0.29, 0.717) is 0 Å². The quantitative estimate of drug-likeness (QED) is 0.735. The highest BCUT2D eigenvalue weighted by Crippen LogP contribution is 2.29. The Labute approximate surface area is 109 Å². The van der Waals surface area contributed by atoms with Crippen LogP contribution in [0.25, 0.3) is 0 Å². The van der Waals surface area contributed by atoms with Gasteiger partial charge in [0, 0.05) is 18.0 Å². The van der Waals surface area contributed by atoms with Gasteiger partial charge in [-0.25, -0.2) is 4.98 Å². The lowest BCUT2D eigenvalue weighted by Crippen LogP contribution is -2.27. The molecule has 0 spiro atoms. The van der Waals surface area contributed by atoms with Gasteiger partial charge >= 0.3 is 0 Å². The van der Waals surface area contributed by atoms with Crippen molar-refractivity contribution in [3.63, 3.8) is 0 Å². The number of hydrogen-bond donors (Lipinski definition) is 0. The molecule has 1 aliphatic carbocycles. The molecule has 0 unspecified atom stereocenters. The molecule has 2 rings (SSSR count). The third-order valence-corrected chi connectivity index (χ3v) is 4.37. The Morgan fingerprint density at radius 3 is 2.76 bits per heavy atom. The van der Waals surface area contributed by atoms with Crippen LogP contribution < -0.4 is 0 Å². The van der Waals surface area contributed by atoms with E-state index in [-0.39, 0.29) is 0 Å². The van der Waals surface area contributed by atoms with Gasteiger partial charge in [-0.1, -0.05) is 20.8 Å². The molecule has 0 aliphatic heterocycles. The monoisotopic (exact) mass is 252 g/mol. The summed E-state index contributed by atoms with van der Waals surface area (Å²) in [4.78, 5) is 7.32. The lowest BCUT2D eigenvalue weighted by Gasteiger charge is -2.21. The van der Waals surface area contributed by atoms with Crippen molar-refractivity contribution < 1.29 is 0 Å². The van der Waals surface area contributed by atoms with E-state index >= 15 is 0 Å². The van der Waals surface area contributed by atoms with Gasteiger partial charge in [-0.05, 0) is 38.1 Å². The lowest BCUT2D eigenvalue weighted by atomic mass is 10.1. The van der Waals surface area contributed by atoms with Crippen LogP contribution in [0.1, 0.15) is 50.7 Å². The van der Waals surface area contributed by atoms with Crippen LogP contribution in [0.15, 0.2) is 5.38 Å². The molecule has 0 N–H and O–H groups in total. The zero-order valence-electron chi connectivity index (χ0n) is 11.3. The standard InChI is InChI=1S/C14H24N2S/c1-4-14-15-12(10-17-14)9-16(13-5-6-13)8-7-11(2)3/h10-11,13H,4-9H2,1-3H3. The summed E-state index contributed by atoms with van der Waals surface area (Å²) in [6.45, 7) is 9.10. The molecule has 0 amide bonds. The summed E-state index contributed by atoms with van der Waals surface area (Å²) in [7, 11) is 0. The molecular formula is C14H24N2S. The maximum absolute atomic E-state index is 4.68. The smallest absolute Gasteiger partial charge is 0.0926 e. The van der Waals surface area contributed by atoms with Crippen LogP contribution in [0.4, 0.5) is 0 Å². The molecule has 0 atom stereocenters. The summed E-state index contributed by atoms with van der Waals surface area (Å²) in [6, 6.07) is 0.848. The van der Waals surface area contributed by atoms with Gasteiger partial charge in [-0.15, -0.1) is 11.3 Å². The molecule has 0 aromatic carbocycles. The van der Waals surface area contributed by atoms with Crippen molar-refractivity contribution in [3.05, 3.63) is 16.1 Å². The SMILES string of the molecule is CCc1nc(CN(CCC(C)C)C2CC2)cs1. The minimum Gasteiger partial charge on any atom is -0.295 e. The van der Waals surface area contributed by atoms with Crippen LogP contribution >= 0.6 is 11.3 Å². The molecule has 1 heterocycles. The van der Waals surface area contributed by atoms with E-state index < -0.39 is 0 Å². The minimum atomic E-state index is 0.804. The maximum atomic E-state index is 4.68. The van der Waals surface area contributed by atoms with Crippen molar-refractivity contribution in [2.45, 2.75) is 59.0 Å². The van der Waals surface area contributed by atoms with Crippen LogP contribution in [0.5, 0.6) is 0 Å². The molecule has 0 saturated heterocycles. The number of hydrogen-bond acceptors (Lipinski definition) is 3. The molecule has 1 aromatic rings. The number of nitrogens with zero attached hydrogens (tertiary/aromatic N) is 2. The number of thiazole rings is 1. The zero-order chi connectivity index (χ0) is 12.3. The first kappa shape index (κ1) is 13.0. The fourth-order valence-corrected chi connectivity index (χ4v) is 2.78. The van der Waals surface area contributed by atoms with Gasteiger partial charge in [0.15, 0.2) is 0 Å². The highest BCUT2D eigenvalue weighted by molar-refractivity contribution is 7.09. The summed E-state index contributed by atoms with van der Waals surface area (Å²) in [5.41, 5.74) is 1.28. The summed E-state index contributed by atoms with van der Waals surface area (Å²) in [5.74, 6) is 0.804. The van der Waals surface area contributed by atoms with Crippen LogP contribution in [-0.2, 0) is 13.0 Å². The Morgan fingerprint density at radius 2 is 2.24 bits per heavy atom. The topological polar surface area (TPSA) is 16.1 Å². The minimum absolute atomic E-state index is 0.804. The first-order valence-electron chi connectivity index (χ1n) is 6.86. The second kappa shape index (κ2) is 5.96. The molecule has 1 aliphatic rings. The normalized spacial score (nSPS) is 16.1. The van der Waals surface area contributed by atoms with Crippen molar-refractivity contribution >= 4 is 11.3 Å². The summed E-state index contributed by atoms with van der Waals surface area (Å²) >= 11 is 1.81. The summed E-state index contributed by atoms with van der Waals surface area (Å²) in [5, 5.41) is 3.52. The predicted octanol–water partition coefficient (Wildman–Crippen LogP) is 3.72. The van der Waals surface area contributed by atoms with Crippen molar-refractivity contribution in [2.75, 3.05) is 6.54 Å². The molecule has 96 valence electrons. The number of aryl methyl sites for hydroxylation is 1. The number of aromatic nitrogens is 1. The average molecular weight is 252 g/mol. The Morgan fingerprint density at radius 1 is 1.47 bits per heavy atom. The van der Waals surface area contributed by atoms with E-state index in [1.807, 2.05) is 11.3 Å². The van der Waals surface area contributed by atoms with Gasteiger partial charge in [0.05, 0.1) is 10.7 Å². The molecule has 1 saturated carbocycles. The predicted molar refractivity (Wildman–Crippen MR) is 74.4 cm³/mol. The average Bonchev–Trinajstić information content (AvgIpc) is 3.04. The van der Waals surface area contributed by atoms with Gasteiger partial charge in [-0.2, -0.15) is 0 Å². The Hall–Kier alpha value is -0.410. The molecule has 0 bridgehead atoms. The fraction of sp³-hybridized carbons (Fsp3) is 0.786. The van der Waals surface area contributed by atoms with E-state index in [4.69, 9.17) is 0 Å². The van der Waals surface area contributed by atoms with Gasteiger partial charge in [0.1, 0.15) is 0 Å². The highest BCUT2D eigenvalue weighted by Gasteiger charge is 2.29. The number of rotatable bonds is 7. The summed E-state index contributed by atoms with van der Waals surface area (Å²) in [6.07, 6.45) is 5.16. The van der Waals surface area contributed by atoms with Crippen LogP contribution in [0, 0.1) is 5.92 Å². The van der Waals surface area contributed by atoms with Gasteiger partial charge in [0.2, 0.25) is 0 Å². The molecule has 1 aromatic heterocycles. The van der Waals surface area contributed by atoms with Gasteiger partial charge < -0.3 is 0 Å². The van der Waals surface area contributed by atoms with E-state index in [0.717, 1.165) is 24.9 Å². The highest BCUT2D eigenvalue weighted by atomic mass is 32.1. The van der Waals surface area contributed by atoms with E-state index in [9.17, 15) is 0 Å². The first-order valence-corrected chi connectivity index (χ1v) is 7.74. The molecule has 3 heteroatoms. The summed E-state index contributed by atoms with van der Waals surface area (Å²) < 4.78 is 0. The molecule has 1 fully saturated rings.